The maximum Gasteiger partial charge on any atom is 0.249 e. The fourth-order valence-corrected chi connectivity index (χ4v) is 1.61. The van der Waals surface area contributed by atoms with E-state index in [-0.39, 0.29) is 12.2 Å². The Morgan fingerprint density at radius 2 is 2.06 bits per heavy atom. The largest absolute Gasteiger partial charge is 0.377 e. The number of halogens is 1. The summed E-state index contributed by atoms with van der Waals surface area (Å²) in [5.41, 5.74) is 11.3. The summed E-state index contributed by atoms with van der Waals surface area (Å²) >= 11 is 0. The van der Waals surface area contributed by atoms with Crippen LogP contribution in [0.2, 0.25) is 0 Å². The molecule has 0 aliphatic rings. The van der Waals surface area contributed by atoms with Crippen LogP contribution in [0.15, 0.2) is 18.2 Å². The Hall–Kier alpha value is -1.46. The van der Waals surface area contributed by atoms with Gasteiger partial charge in [0.25, 0.3) is 0 Å². The molecule has 1 rings (SSSR count). The SMILES string of the molecule is NCCCCCOCc1ccc(F)cc1C(N)=O. The second kappa shape index (κ2) is 7.79. The molecule has 0 spiro atoms. The van der Waals surface area contributed by atoms with Gasteiger partial charge in [0.05, 0.1) is 6.61 Å². The van der Waals surface area contributed by atoms with Crippen LogP contribution >= 0.6 is 0 Å². The third-order valence-electron chi connectivity index (χ3n) is 2.59. The molecule has 0 unspecified atom stereocenters. The molecule has 0 saturated carbocycles. The predicted molar refractivity (Wildman–Crippen MR) is 67.5 cm³/mol. The van der Waals surface area contributed by atoms with Gasteiger partial charge in [-0.05, 0) is 43.5 Å². The summed E-state index contributed by atoms with van der Waals surface area (Å²) in [5, 5.41) is 0. The van der Waals surface area contributed by atoms with Crippen molar-refractivity contribution in [2.45, 2.75) is 25.9 Å². The van der Waals surface area contributed by atoms with E-state index in [1.54, 1.807) is 0 Å². The highest BCUT2D eigenvalue weighted by atomic mass is 19.1. The first-order chi connectivity index (χ1) is 8.65. The number of benzene rings is 1. The van der Waals surface area contributed by atoms with Crippen molar-refractivity contribution in [1.29, 1.82) is 0 Å². The summed E-state index contributed by atoms with van der Waals surface area (Å²) in [6.45, 7) is 1.54. The number of carbonyl (C=O) groups is 1. The van der Waals surface area contributed by atoms with Crippen molar-refractivity contribution in [1.82, 2.24) is 0 Å². The maximum absolute atomic E-state index is 13.0. The number of amides is 1. The van der Waals surface area contributed by atoms with Crippen molar-refractivity contribution >= 4 is 5.91 Å². The molecule has 1 aromatic rings. The number of ether oxygens (including phenoxy) is 1. The number of primary amides is 1. The molecule has 5 heteroatoms. The van der Waals surface area contributed by atoms with Crippen LogP contribution in [0.3, 0.4) is 0 Å². The van der Waals surface area contributed by atoms with Gasteiger partial charge in [0.2, 0.25) is 5.91 Å². The van der Waals surface area contributed by atoms with Crippen molar-refractivity contribution in [3.05, 3.63) is 35.1 Å². The third-order valence-corrected chi connectivity index (χ3v) is 2.59. The average molecular weight is 254 g/mol. The average Bonchev–Trinajstić information content (AvgIpc) is 2.35. The lowest BCUT2D eigenvalue weighted by Crippen LogP contribution is -2.14. The number of hydrogen-bond acceptors (Lipinski definition) is 3. The van der Waals surface area contributed by atoms with Gasteiger partial charge in [-0.1, -0.05) is 6.07 Å². The van der Waals surface area contributed by atoms with Crippen LogP contribution < -0.4 is 11.5 Å². The zero-order valence-electron chi connectivity index (χ0n) is 10.3. The number of unbranched alkanes of at least 4 members (excludes halogenated alkanes) is 2. The number of hydrogen-bond donors (Lipinski definition) is 2. The van der Waals surface area contributed by atoms with E-state index in [0.717, 1.165) is 25.3 Å². The van der Waals surface area contributed by atoms with Gasteiger partial charge >= 0.3 is 0 Å². The minimum atomic E-state index is -0.642. The highest BCUT2D eigenvalue weighted by molar-refractivity contribution is 5.94. The van der Waals surface area contributed by atoms with E-state index in [0.29, 0.717) is 18.7 Å². The standard InChI is InChI=1S/C13H19FN2O2/c14-11-5-4-10(12(8-11)13(16)17)9-18-7-3-1-2-6-15/h4-5,8H,1-3,6-7,9,15H2,(H2,16,17). The summed E-state index contributed by atoms with van der Waals surface area (Å²) in [6, 6.07) is 3.95. The molecule has 0 fully saturated rings. The zero-order valence-corrected chi connectivity index (χ0v) is 10.3. The molecule has 0 bridgehead atoms. The number of rotatable bonds is 8. The Bertz CT molecular complexity index is 397. The van der Waals surface area contributed by atoms with Crippen molar-refractivity contribution in [3.8, 4) is 0 Å². The highest BCUT2D eigenvalue weighted by Gasteiger charge is 2.09. The van der Waals surface area contributed by atoms with Gasteiger partial charge < -0.3 is 16.2 Å². The smallest absolute Gasteiger partial charge is 0.249 e. The second-order valence-electron chi connectivity index (χ2n) is 4.07. The van der Waals surface area contributed by atoms with Crippen LogP contribution in [-0.4, -0.2) is 19.1 Å². The van der Waals surface area contributed by atoms with E-state index in [9.17, 15) is 9.18 Å². The summed E-state index contributed by atoms with van der Waals surface area (Å²) < 4.78 is 18.4. The van der Waals surface area contributed by atoms with Gasteiger partial charge in [-0.3, -0.25) is 4.79 Å². The quantitative estimate of drug-likeness (QED) is 0.691. The topological polar surface area (TPSA) is 78.3 Å². The molecule has 0 radical (unpaired) electrons. The minimum absolute atomic E-state index is 0.178. The van der Waals surface area contributed by atoms with E-state index < -0.39 is 11.7 Å². The first kappa shape index (κ1) is 14.6. The van der Waals surface area contributed by atoms with Gasteiger partial charge in [0.15, 0.2) is 0 Å². The van der Waals surface area contributed by atoms with Crippen LogP contribution in [0.4, 0.5) is 4.39 Å². The molecule has 0 aliphatic heterocycles. The van der Waals surface area contributed by atoms with Crippen LogP contribution in [0.5, 0.6) is 0 Å². The molecule has 0 aromatic heterocycles. The molecule has 100 valence electrons. The molecule has 0 atom stereocenters. The summed E-state index contributed by atoms with van der Waals surface area (Å²) in [4.78, 5) is 11.1. The van der Waals surface area contributed by atoms with Gasteiger partial charge in [0.1, 0.15) is 5.82 Å². The molecule has 4 N–H and O–H groups in total. The monoisotopic (exact) mass is 254 g/mol. The molecule has 0 heterocycles. The third kappa shape index (κ3) is 4.81. The lowest BCUT2D eigenvalue weighted by molar-refractivity contribution is 0.0980. The number of nitrogens with two attached hydrogens (primary N) is 2. The van der Waals surface area contributed by atoms with E-state index in [4.69, 9.17) is 16.2 Å². The Labute approximate surface area is 106 Å². The molecule has 0 saturated heterocycles. The van der Waals surface area contributed by atoms with Crippen molar-refractivity contribution in [2.24, 2.45) is 11.5 Å². The fourth-order valence-electron chi connectivity index (χ4n) is 1.61. The molecule has 18 heavy (non-hydrogen) atoms. The Balaban J connectivity index is 2.44. The van der Waals surface area contributed by atoms with Crippen LogP contribution in [-0.2, 0) is 11.3 Å². The zero-order chi connectivity index (χ0) is 13.4. The second-order valence-corrected chi connectivity index (χ2v) is 4.07. The fraction of sp³-hybridized carbons (Fsp3) is 0.462. The van der Waals surface area contributed by atoms with Crippen LogP contribution in [0, 0.1) is 5.82 Å². The van der Waals surface area contributed by atoms with E-state index >= 15 is 0 Å². The minimum Gasteiger partial charge on any atom is -0.377 e. The van der Waals surface area contributed by atoms with Crippen LogP contribution in [0.1, 0.15) is 35.2 Å². The molecule has 1 amide bonds. The van der Waals surface area contributed by atoms with Crippen molar-refractivity contribution in [3.63, 3.8) is 0 Å². The van der Waals surface area contributed by atoms with Gasteiger partial charge in [-0.15, -0.1) is 0 Å². The summed E-state index contributed by atoms with van der Waals surface area (Å²) in [6.07, 6.45) is 2.92. The normalized spacial score (nSPS) is 10.6. The molecule has 1 aromatic carbocycles. The number of carbonyl (C=O) groups excluding carboxylic acids is 1. The summed E-state index contributed by atoms with van der Waals surface area (Å²) in [5.74, 6) is -1.12. The van der Waals surface area contributed by atoms with Gasteiger partial charge in [-0.2, -0.15) is 0 Å². The Morgan fingerprint density at radius 1 is 1.28 bits per heavy atom. The van der Waals surface area contributed by atoms with Crippen LogP contribution in [0.25, 0.3) is 0 Å². The lowest BCUT2D eigenvalue weighted by Gasteiger charge is -2.08. The summed E-state index contributed by atoms with van der Waals surface area (Å²) in [7, 11) is 0. The molecular weight excluding hydrogens is 235 g/mol. The first-order valence-electron chi connectivity index (χ1n) is 6.01. The Morgan fingerprint density at radius 3 is 2.72 bits per heavy atom. The lowest BCUT2D eigenvalue weighted by atomic mass is 10.1. The van der Waals surface area contributed by atoms with E-state index in [2.05, 4.69) is 0 Å². The van der Waals surface area contributed by atoms with E-state index in [1.165, 1.54) is 12.1 Å². The predicted octanol–water partition coefficient (Wildman–Crippen LogP) is 1.57. The van der Waals surface area contributed by atoms with E-state index in [1.807, 2.05) is 0 Å². The highest BCUT2D eigenvalue weighted by Crippen LogP contribution is 2.12. The van der Waals surface area contributed by atoms with Gasteiger partial charge in [0, 0.05) is 12.2 Å². The Kier molecular flexibility index (Phi) is 6.32. The molecule has 0 aliphatic carbocycles. The van der Waals surface area contributed by atoms with Crippen molar-refractivity contribution in [2.75, 3.05) is 13.2 Å². The maximum atomic E-state index is 13.0. The molecule has 4 nitrogen and oxygen atoms in total. The molecular formula is C13H19FN2O2. The van der Waals surface area contributed by atoms with Gasteiger partial charge in [-0.25, -0.2) is 4.39 Å². The first-order valence-corrected chi connectivity index (χ1v) is 6.01. The van der Waals surface area contributed by atoms with Crippen molar-refractivity contribution < 1.29 is 13.9 Å².